The summed E-state index contributed by atoms with van der Waals surface area (Å²) in [7, 11) is 2.10. The number of likely N-dealkylation sites (N-methyl/N-ethyl adjacent to an activating group) is 1. The van der Waals surface area contributed by atoms with Gasteiger partial charge in [0, 0.05) is 30.1 Å². The van der Waals surface area contributed by atoms with Gasteiger partial charge in [0.2, 0.25) is 0 Å². The second-order valence-electron chi connectivity index (χ2n) is 7.09. The van der Waals surface area contributed by atoms with Crippen LogP contribution in [0.5, 0.6) is 5.75 Å². The summed E-state index contributed by atoms with van der Waals surface area (Å²) in [6.07, 6.45) is 4.10. The van der Waals surface area contributed by atoms with Crippen molar-refractivity contribution in [3.63, 3.8) is 0 Å². The van der Waals surface area contributed by atoms with Gasteiger partial charge in [0.05, 0.1) is 17.2 Å². The van der Waals surface area contributed by atoms with E-state index in [1.807, 2.05) is 43.5 Å². The van der Waals surface area contributed by atoms with Crippen LogP contribution in [0.25, 0.3) is 5.57 Å². The summed E-state index contributed by atoms with van der Waals surface area (Å²) in [4.78, 5) is 6.87. The molecule has 4 heteroatoms. The topological polar surface area (TPSA) is 24.8 Å². The molecule has 0 saturated heterocycles. The number of ether oxygens (including phenoxy) is 1. The zero-order chi connectivity index (χ0) is 18.9. The van der Waals surface area contributed by atoms with Crippen molar-refractivity contribution in [2.45, 2.75) is 33.2 Å². The Morgan fingerprint density at radius 3 is 2.69 bits per heavy atom. The van der Waals surface area contributed by atoms with Crippen LogP contribution in [-0.2, 0) is 0 Å². The first kappa shape index (κ1) is 18.5. The van der Waals surface area contributed by atoms with E-state index in [-0.39, 0.29) is 5.54 Å². The van der Waals surface area contributed by atoms with E-state index in [2.05, 4.69) is 49.9 Å². The van der Waals surface area contributed by atoms with Crippen molar-refractivity contribution in [3.8, 4) is 5.75 Å². The summed E-state index contributed by atoms with van der Waals surface area (Å²) in [6.45, 7) is 9.12. The molecule has 0 spiro atoms. The van der Waals surface area contributed by atoms with Crippen molar-refractivity contribution in [1.29, 1.82) is 0 Å². The van der Waals surface area contributed by atoms with Crippen LogP contribution in [0.1, 0.15) is 38.8 Å². The highest BCUT2D eigenvalue weighted by molar-refractivity contribution is 6.33. The monoisotopic (exact) mass is 368 g/mol. The predicted octanol–water partition coefficient (Wildman–Crippen LogP) is 6.12. The molecule has 1 aliphatic rings. The van der Waals surface area contributed by atoms with Crippen LogP contribution in [0.3, 0.4) is 0 Å². The molecular weight excluding hydrogens is 344 g/mol. The molecule has 1 heterocycles. The normalized spacial score (nSPS) is 15.8. The van der Waals surface area contributed by atoms with Crippen molar-refractivity contribution in [2.24, 2.45) is 4.99 Å². The number of rotatable bonds is 4. The molecule has 0 unspecified atom stereocenters. The Morgan fingerprint density at radius 1 is 1.23 bits per heavy atom. The van der Waals surface area contributed by atoms with Crippen LogP contribution in [0.2, 0.25) is 5.02 Å². The number of hydrogen-bond acceptors (Lipinski definition) is 3. The van der Waals surface area contributed by atoms with Gasteiger partial charge in [-0.2, -0.15) is 0 Å². The third-order valence-corrected chi connectivity index (χ3v) is 5.17. The van der Waals surface area contributed by atoms with E-state index < -0.39 is 0 Å². The zero-order valence-corrected chi connectivity index (χ0v) is 16.8. The molecule has 136 valence electrons. The Bertz CT molecular complexity index is 884. The summed E-state index contributed by atoms with van der Waals surface area (Å²) >= 11 is 6.57. The molecule has 0 aromatic heterocycles. The van der Waals surface area contributed by atoms with Gasteiger partial charge in [-0.1, -0.05) is 29.8 Å². The highest BCUT2D eigenvalue weighted by Crippen LogP contribution is 2.40. The van der Waals surface area contributed by atoms with Crippen molar-refractivity contribution < 1.29 is 4.74 Å². The summed E-state index contributed by atoms with van der Waals surface area (Å²) in [6, 6.07) is 11.9. The van der Waals surface area contributed by atoms with Crippen LogP contribution < -0.4 is 9.64 Å². The maximum atomic E-state index is 6.57. The molecule has 0 atom stereocenters. The van der Waals surface area contributed by atoms with E-state index in [1.165, 1.54) is 11.1 Å². The number of benzene rings is 2. The lowest BCUT2D eigenvalue weighted by molar-refractivity contribution is 0.341. The van der Waals surface area contributed by atoms with E-state index >= 15 is 0 Å². The highest BCUT2D eigenvalue weighted by Gasteiger charge is 2.29. The van der Waals surface area contributed by atoms with Crippen LogP contribution in [0, 0.1) is 0 Å². The molecule has 0 bridgehead atoms. The minimum Gasteiger partial charge on any atom is -0.492 e. The maximum absolute atomic E-state index is 6.57. The van der Waals surface area contributed by atoms with Crippen LogP contribution >= 0.6 is 11.6 Å². The lowest BCUT2D eigenvalue weighted by Crippen LogP contribution is -2.42. The van der Waals surface area contributed by atoms with E-state index in [9.17, 15) is 0 Å². The van der Waals surface area contributed by atoms with Crippen LogP contribution in [0.4, 0.5) is 11.4 Å². The fourth-order valence-corrected chi connectivity index (χ4v) is 3.47. The van der Waals surface area contributed by atoms with Gasteiger partial charge in [0.15, 0.2) is 0 Å². The average molecular weight is 369 g/mol. The highest BCUT2D eigenvalue weighted by atomic mass is 35.5. The number of hydrogen-bond donors (Lipinski definition) is 0. The molecular formula is C22H25ClN2O. The lowest BCUT2D eigenvalue weighted by atomic mass is 9.88. The molecule has 2 aromatic carbocycles. The smallest absolute Gasteiger partial charge is 0.144 e. The lowest BCUT2D eigenvalue weighted by Gasteiger charge is -2.40. The molecule has 0 aliphatic carbocycles. The summed E-state index contributed by atoms with van der Waals surface area (Å²) in [5.41, 5.74) is 5.25. The Morgan fingerprint density at radius 2 is 1.96 bits per heavy atom. The van der Waals surface area contributed by atoms with Gasteiger partial charge < -0.3 is 9.64 Å². The molecule has 0 amide bonds. The van der Waals surface area contributed by atoms with Crippen LogP contribution in [0.15, 0.2) is 47.5 Å². The molecule has 0 N–H and O–H groups in total. The molecule has 0 radical (unpaired) electrons. The number of fused-ring (bicyclic) bond motifs is 1. The molecule has 26 heavy (non-hydrogen) atoms. The van der Waals surface area contributed by atoms with Crippen molar-refractivity contribution in [1.82, 2.24) is 0 Å². The number of anilines is 1. The van der Waals surface area contributed by atoms with E-state index in [0.29, 0.717) is 11.6 Å². The molecule has 3 nitrogen and oxygen atoms in total. The number of aliphatic imine (C=N–C) groups is 1. The number of allylic oxidation sites excluding steroid dienone is 1. The maximum Gasteiger partial charge on any atom is 0.144 e. The minimum absolute atomic E-state index is 0.0353. The first-order valence-corrected chi connectivity index (χ1v) is 9.24. The van der Waals surface area contributed by atoms with Crippen LogP contribution in [-0.4, -0.2) is 25.4 Å². The second-order valence-corrected chi connectivity index (χ2v) is 7.50. The SMILES string of the molecule is CCOc1ccccc1N=Cc1cc2c(cc1Cl)N(C)C(C)(C)C=C2C. The van der Waals surface area contributed by atoms with Crippen molar-refractivity contribution >= 4 is 34.8 Å². The Hall–Kier alpha value is -2.26. The molecule has 0 fully saturated rings. The fraction of sp³-hybridized carbons (Fsp3) is 0.318. The van der Waals surface area contributed by atoms with Gasteiger partial charge in [-0.15, -0.1) is 0 Å². The van der Waals surface area contributed by atoms with Gasteiger partial charge in [-0.05, 0) is 57.5 Å². The fourth-order valence-electron chi connectivity index (χ4n) is 3.27. The van der Waals surface area contributed by atoms with Gasteiger partial charge in [-0.25, -0.2) is 0 Å². The van der Waals surface area contributed by atoms with Crippen molar-refractivity contribution in [2.75, 3.05) is 18.6 Å². The standard InChI is InChI=1S/C22H25ClN2O/c1-6-26-21-10-8-7-9-19(21)24-14-16-11-17-15(2)13-22(3,4)25(5)20(17)12-18(16)23/h7-14H,6H2,1-5H3. The van der Waals surface area contributed by atoms with E-state index in [4.69, 9.17) is 16.3 Å². The summed E-state index contributed by atoms with van der Waals surface area (Å²) < 4.78 is 5.64. The number of nitrogens with zero attached hydrogens (tertiary/aromatic N) is 2. The summed E-state index contributed by atoms with van der Waals surface area (Å²) in [5.74, 6) is 0.776. The Balaban J connectivity index is 2.00. The third kappa shape index (κ3) is 3.49. The molecule has 1 aliphatic heterocycles. The Kier molecular flexibility index (Phi) is 5.10. The second kappa shape index (κ2) is 7.16. The first-order chi connectivity index (χ1) is 12.3. The van der Waals surface area contributed by atoms with Gasteiger partial charge in [0.25, 0.3) is 0 Å². The van der Waals surface area contributed by atoms with Gasteiger partial charge in [-0.3, -0.25) is 4.99 Å². The van der Waals surface area contributed by atoms with E-state index in [1.54, 1.807) is 0 Å². The molecule has 3 rings (SSSR count). The van der Waals surface area contributed by atoms with Gasteiger partial charge in [0.1, 0.15) is 11.4 Å². The number of para-hydroxylation sites is 2. The molecule has 2 aromatic rings. The number of halogens is 1. The average Bonchev–Trinajstić information content (AvgIpc) is 2.59. The Labute approximate surface area is 161 Å². The zero-order valence-electron chi connectivity index (χ0n) is 16.0. The van der Waals surface area contributed by atoms with Crippen molar-refractivity contribution in [3.05, 3.63) is 58.6 Å². The van der Waals surface area contributed by atoms with Gasteiger partial charge >= 0.3 is 0 Å². The van der Waals surface area contributed by atoms with E-state index in [0.717, 1.165) is 22.7 Å². The molecule has 0 saturated carbocycles. The largest absolute Gasteiger partial charge is 0.492 e. The summed E-state index contributed by atoms with van der Waals surface area (Å²) in [5, 5.41) is 0.693. The minimum atomic E-state index is -0.0353. The third-order valence-electron chi connectivity index (χ3n) is 4.84. The quantitative estimate of drug-likeness (QED) is 0.607. The predicted molar refractivity (Wildman–Crippen MR) is 112 cm³/mol. The first-order valence-electron chi connectivity index (χ1n) is 8.86.